The highest BCUT2D eigenvalue weighted by atomic mass is 32.1. The van der Waals surface area contributed by atoms with Crippen molar-refractivity contribution in [2.75, 3.05) is 0 Å². The van der Waals surface area contributed by atoms with Gasteiger partial charge in [-0.3, -0.25) is 9.59 Å². The molecular formula is C15H22N2O2S. The second kappa shape index (κ2) is 5.56. The number of hydrogen-bond acceptors (Lipinski definition) is 3. The van der Waals surface area contributed by atoms with Crippen molar-refractivity contribution in [1.29, 1.82) is 0 Å². The van der Waals surface area contributed by atoms with E-state index in [1.807, 2.05) is 45.2 Å². The van der Waals surface area contributed by atoms with Gasteiger partial charge in [0.05, 0.1) is 6.54 Å². The van der Waals surface area contributed by atoms with Crippen molar-refractivity contribution in [2.24, 2.45) is 5.92 Å². The smallest absolute Gasteiger partial charge is 0.249 e. The maximum absolute atomic E-state index is 12.8. The van der Waals surface area contributed by atoms with Gasteiger partial charge in [0.25, 0.3) is 0 Å². The molecule has 1 aliphatic heterocycles. The van der Waals surface area contributed by atoms with E-state index in [4.69, 9.17) is 0 Å². The molecule has 2 atom stereocenters. The highest BCUT2D eigenvalue weighted by Gasteiger charge is 2.47. The Labute approximate surface area is 124 Å². The Balaban J connectivity index is 2.34. The molecule has 0 aromatic carbocycles. The van der Waals surface area contributed by atoms with Crippen LogP contribution in [0.1, 0.15) is 39.0 Å². The summed E-state index contributed by atoms with van der Waals surface area (Å²) in [7, 11) is 0. The number of nitrogens with zero attached hydrogens (tertiary/aromatic N) is 1. The number of amides is 2. The van der Waals surface area contributed by atoms with Crippen LogP contribution in [0.2, 0.25) is 0 Å². The Morgan fingerprint density at radius 3 is 2.65 bits per heavy atom. The fraction of sp³-hybridized carbons (Fsp3) is 0.600. The number of rotatable bonds is 4. The number of nitrogens with one attached hydrogen (secondary N) is 1. The van der Waals surface area contributed by atoms with Crippen molar-refractivity contribution in [3.05, 3.63) is 22.4 Å². The first-order valence-electron chi connectivity index (χ1n) is 7.04. The maximum atomic E-state index is 12.8. The number of carbonyl (C=O) groups excluding carboxylic acids is 2. The van der Waals surface area contributed by atoms with Crippen molar-refractivity contribution in [3.63, 3.8) is 0 Å². The van der Waals surface area contributed by atoms with Gasteiger partial charge in [-0.15, -0.1) is 11.3 Å². The topological polar surface area (TPSA) is 49.4 Å². The maximum Gasteiger partial charge on any atom is 0.249 e. The van der Waals surface area contributed by atoms with Crippen LogP contribution in [0.15, 0.2) is 17.5 Å². The van der Waals surface area contributed by atoms with Crippen LogP contribution < -0.4 is 5.32 Å². The number of carbonyl (C=O) groups is 2. The Bertz CT molecular complexity index is 498. The fourth-order valence-corrected chi connectivity index (χ4v) is 3.33. The van der Waals surface area contributed by atoms with Crippen LogP contribution in [0.3, 0.4) is 0 Å². The molecule has 1 fully saturated rings. The van der Waals surface area contributed by atoms with Crippen LogP contribution >= 0.6 is 11.3 Å². The molecule has 4 nitrogen and oxygen atoms in total. The molecule has 110 valence electrons. The summed E-state index contributed by atoms with van der Waals surface area (Å²) in [5.41, 5.74) is -0.778. The van der Waals surface area contributed by atoms with Crippen LogP contribution in [-0.4, -0.2) is 28.3 Å². The zero-order valence-corrected chi connectivity index (χ0v) is 13.3. The van der Waals surface area contributed by atoms with Gasteiger partial charge in [0.1, 0.15) is 11.6 Å². The first kappa shape index (κ1) is 15.0. The minimum atomic E-state index is -0.778. The first-order valence-corrected chi connectivity index (χ1v) is 7.92. The highest BCUT2D eigenvalue weighted by molar-refractivity contribution is 7.09. The van der Waals surface area contributed by atoms with Crippen molar-refractivity contribution in [2.45, 2.75) is 52.2 Å². The summed E-state index contributed by atoms with van der Waals surface area (Å²) in [6, 6.07) is 3.59. The molecule has 1 N–H and O–H groups in total. The largest absolute Gasteiger partial charge is 0.340 e. The fourth-order valence-electron chi connectivity index (χ4n) is 2.63. The normalized spacial score (nSPS) is 27.1. The molecule has 2 rings (SSSR count). The zero-order chi connectivity index (χ0) is 14.9. The minimum absolute atomic E-state index is 0.0201. The Kier molecular flexibility index (Phi) is 4.18. The van der Waals surface area contributed by atoms with E-state index in [1.165, 1.54) is 0 Å². The Morgan fingerprint density at radius 1 is 1.45 bits per heavy atom. The molecule has 0 saturated carbocycles. The molecule has 0 aliphatic carbocycles. The lowest BCUT2D eigenvalue weighted by Gasteiger charge is -2.45. The molecule has 1 aromatic heterocycles. The molecule has 0 radical (unpaired) electrons. The van der Waals surface area contributed by atoms with E-state index in [2.05, 4.69) is 5.32 Å². The van der Waals surface area contributed by atoms with Gasteiger partial charge in [0, 0.05) is 4.88 Å². The van der Waals surface area contributed by atoms with Gasteiger partial charge >= 0.3 is 0 Å². The zero-order valence-electron chi connectivity index (χ0n) is 12.5. The van der Waals surface area contributed by atoms with Crippen LogP contribution in [0.25, 0.3) is 0 Å². The second-order valence-electron chi connectivity index (χ2n) is 5.88. The molecule has 20 heavy (non-hydrogen) atoms. The molecule has 2 heterocycles. The van der Waals surface area contributed by atoms with Gasteiger partial charge in [-0.05, 0) is 30.7 Å². The van der Waals surface area contributed by atoms with Crippen LogP contribution in [0, 0.1) is 5.92 Å². The lowest BCUT2D eigenvalue weighted by molar-refractivity contribution is -0.157. The van der Waals surface area contributed by atoms with E-state index < -0.39 is 5.54 Å². The van der Waals surface area contributed by atoms with E-state index in [1.54, 1.807) is 16.2 Å². The summed E-state index contributed by atoms with van der Waals surface area (Å²) < 4.78 is 0. The van der Waals surface area contributed by atoms with Gasteiger partial charge in [-0.25, -0.2) is 0 Å². The summed E-state index contributed by atoms with van der Waals surface area (Å²) in [6.07, 6.45) is 0.601. The van der Waals surface area contributed by atoms with E-state index in [0.29, 0.717) is 13.0 Å². The van der Waals surface area contributed by atoms with Gasteiger partial charge in [-0.1, -0.05) is 26.8 Å². The van der Waals surface area contributed by atoms with Gasteiger partial charge in [-0.2, -0.15) is 0 Å². The number of hydrogen-bond donors (Lipinski definition) is 1. The molecule has 2 unspecified atom stereocenters. The Morgan fingerprint density at radius 2 is 2.15 bits per heavy atom. The van der Waals surface area contributed by atoms with Crippen LogP contribution in [0.5, 0.6) is 0 Å². The lowest BCUT2D eigenvalue weighted by Crippen LogP contribution is -2.69. The predicted octanol–water partition coefficient (Wildman–Crippen LogP) is 2.40. The SMILES string of the molecule is CCC1(C)NC(=O)C(C(C)C)N(Cc2cccs2)C1=O. The molecule has 1 aliphatic rings. The van der Waals surface area contributed by atoms with Crippen molar-refractivity contribution in [1.82, 2.24) is 10.2 Å². The minimum Gasteiger partial charge on any atom is -0.340 e. The van der Waals surface area contributed by atoms with Gasteiger partial charge in [0.2, 0.25) is 11.8 Å². The summed E-state index contributed by atoms with van der Waals surface area (Å²) in [6.45, 7) is 8.21. The number of piperazine rings is 1. The summed E-state index contributed by atoms with van der Waals surface area (Å²) in [4.78, 5) is 28.0. The van der Waals surface area contributed by atoms with Gasteiger partial charge < -0.3 is 10.2 Å². The number of thiophene rings is 1. The van der Waals surface area contributed by atoms with Crippen LogP contribution in [-0.2, 0) is 16.1 Å². The second-order valence-corrected chi connectivity index (χ2v) is 6.91. The average molecular weight is 294 g/mol. The summed E-state index contributed by atoms with van der Waals surface area (Å²) in [5, 5.41) is 4.90. The molecule has 2 amide bonds. The summed E-state index contributed by atoms with van der Waals surface area (Å²) >= 11 is 1.62. The van der Waals surface area contributed by atoms with E-state index >= 15 is 0 Å². The molecule has 0 spiro atoms. The third-order valence-corrected chi connectivity index (χ3v) is 4.84. The highest BCUT2D eigenvalue weighted by Crippen LogP contribution is 2.27. The lowest BCUT2D eigenvalue weighted by atomic mass is 9.88. The molecule has 0 bridgehead atoms. The van der Waals surface area contributed by atoms with Crippen molar-refractivity contribution in [3.8, 4) is 0 Å². The van der Waals surface area contributed by atoms with E-state index in [0.717, 1.165) is 4.88 Å². The molecule has 1 aromatic rings. The third-order valence-electron chi connectivity index (χ3n) is 3.98. The predicted molar refractivity (Wildman–Crippen MR) is 80.3 cm³/mol. The molecule has 5 heteroatoms. The monoisotopic (exact) mass is 294 g/mol. The van der Waals surface area contributed by atoms with Gasteiger partial charge in [0.15, 0.2) is 0 Å². The van der Waals surface area contributed by atoms with E-state index in [9.17, 15) is 9.59 Å². The first-order chi connectivity index (χ1) is 9.39. The average Bonchev–Trinajstić information content (AvgIpc) is 2.88. The third kappa shape index (κ3) is 2.59. The van der Waals surface area contributed by atoms with Crippen LogP contribution in [0.4, 0.5) is 0 Å². The molecular weight excluding hydrogens is 272 g/mol. The van der Waals surface area contributed by atoms with Crippen molar-refractivity contribution < 1.29 is 9.59 Å². The summed E-state index contributed by atoms with van der Waals surface area (Å²) in [5.74, 6) is 0.0764. The quantitative estimate of drug-likeness (QED) is 0.927. The standard InChI is InChI=1S/C15H22N2O2S/c1-5-15(4)14(19)17(9-11-7-6-8-20-11)12(10(2)3)13(18)16-15/h6-8,10,12H,5,9H2,1-4H3,(H,16,18). The Hall–Kier alpha value is -1.36. The van der Waals surface area contributed by atoms with E-state index in [-0.39, 0.29) is 23.8 Å². The van der Waals surface area contributed by atoms with Crippen molar-refractivity contribution >= 4 is 23.2 Å². The molecule has 1 saturated heterocycles.